The fourth-order valence-electron chi connectivity index (χ4n) is 4.59. The Bertz CT molecular complexity index is 295. The van der Waals surface area contributed by atoms with Gasteiger partial charge in [0.05, 0.1) is 11.2 Å². The quantitative estimate of drug-likeness (QED) is 0.758. The summed E-state index contributed by atoms with van der Waals surface area (Å²) in [6.07, 6.45) is 2.46. The normalized spacial score (nSPS) is 40.1. The van der Waals surface area contributed by atoms with Gasteiger partial charge in [-0.15, -0.1) is 0 Å². The molecule has 2 atom stereocenters. The highest BCUT2D eigenvalue weighted by molar-refractivity contribution is 5.10. The van der Waals surface area contributed by atoms with Crippen molar-refractivity contribution in [1.82, 2.24) is 5.32 Å². The Labute approximate surface area is 107 Å². The van der Waals surface area contributed by atoms with Crippen molar-refractivity contribution < 1.29 is 4.74 Å². The molecule has 2 aliphatic rings. The molecule has 2 fully saturated rings. The van der Waals surface area contributed by atoms with Crippen molar-refractivity contribution >= 4 is 0 Å². The lowest BCUT2D eigenvalue weighted by molar-refractivity contribution is -0.118. The zero-order valence-corrected chi connectivity index (χ0v) is 12.4. The molecule has 2 rings (SSSR count). The number of hydrogen-bond acceptors (Lipinski definition) is 2. The number of rotatable bonds is 1. The van der Waals surface area contributed by atoms with Gasteiger partial charge in [-0.2, -0.15) is 0 Å². The first-order valence-electron chi connectivity index (χ1n) is 7.11. The second-order valence-corrected chi connectivity index (χ2v) is 7.51. The third kappa shape index (κ3) is 2.04. The second kappa shape index (κ2) is 3.96. The predicted molar refractivity (Wildman–Crippen MR) is 72.1 cm³/mol. The van der Waals surface area contributed by atoms with E-state index >= 15 is 0 Å². The first-order chi connectivity index (χ1) is 7.70. The van der Waals surface area contributed by atoms with E-state index in [1.54, 1.807) is 0 Å². The molecule has 0 radical (unpaired) electrons. The van der Waals surface area contributed by atoms with Gasteiger partial charge in [0.15, 0.2) is 0 Å². The minimum absolute atomic E-state index is 0.00748. The maximum atomic E-state index is 6.38. The Morgan fingerprint density at radius 2 is 1.82 bits per heavy atom. The molecule has 0 saturated carbocycles. The molecule has 0 aromatic carbocycles. The Morgan fingerprint density at radius 1 is 1.18 bits per heavy atom. The van der Waals surface area contributed by atoms with E-state index in [-0.39, 0.29) is 11.2 Å². The van der Waals surface area contributed by atoms with Crippen LogP contribution in [-0.2, 0) is 4.74 Å². The summed E-state index contributed by atoms with van der Waals surface area (Å²) in [5.74, 6) is 1.45. The van der Waals surface area contributed by atoms with Crippen LogP contribution >= 0.6 is 0 Å². The highest BCUT2D eigenvalue weighted by atomic mass is 16.5. The van der Waals surface area contributed by atoms with E-state index in [1.807, 2.05) is 0 Å². The largest absolute Gasteiger partial charge is 0.369 e. The molecule has 17 heavy (non-hydrogen) atoms. The monoisotopic (exact) mass is 239 g/mol. The maximum absolute atomic E-state index is 6.38. The molecule has 0 amide bonds. The average Bonchev–Trinajstić information content (AvgIpc) is 2.31. The van der Waals surface area contributed by atoms with Gasteiger partial charge in [0.1, 0.15) is 0 Å². The van der Waals surface area contributed by atoms with E-state index in [4.69, 9.17) is 4.74 Å². The van der Waals surface area contributed by atoms with E-state index in [1.165, 1.54) is 12.8 Å². The highest BCUT2D eigenvalue weighted by Crippen LogP contribution is 2.59. The van der Waals surface area contributed by atoms with Gasteiger partial charge in [-0.1, -0.05) is 13.8 Å². The SMILES string of the molecule is CC(C)C1CNCCC12CC(C)(C)OC2(C)C. The summed E-state index contributed by atoms with van der Waals surface area (Å²) < 4.78 is 6.38. The molecule has 2 saturated heterocycles. The predicted octanol–water partition coefficient (Wildman–Crippen LogP) is 3.22. The molecule has 0 aromatic rings. The standard InChI is InChI=1S/C15H29NO/c1-11(2)12-9-16-8-7-15(12)10-13(3,4)17-14(15,5)6/h11-12,16H,7-10H2,1-6H3. The molecule has 0 aromatic heterocycles. The molecule has 0 bridgehead atoms. The van der Waals surface area contributed by atoms with Gasteiger partial charge in [0.25, 0.3) is 0 Å². The smallest absolute Gasteiger partial charge is 0.0694 e. The lowest BCUT2D eigenvalue weighted by atomic mass is 9.57. The fraction of sp³-hybridized carbons (Fsp3) is 1.00. The second-order valence-electron chi connectivity index (χ2n) is 7.51. The van der Waals surface area contributed by atoms with Gasteiger partial charge in [-0.3, -0.25) is 0 Å². The summed E-state index contributed by atoms with van der Waals surface area (Å²) in [6, 6.07) is 0. The van der Waals surface area contributed by atoms with Gasteiger partial charge in [-0.05, 0) is 65.5 Å². The van der Waals surface area contributed by atoms with Gasteiger partial charge >= 0.3 is 0 Å². The Balaban J connectivity index is 2.37. The molecule has 0 aliphatic carbocycles. The minimum Gasteiger partial charge on any atom is -0.369 e. The molecule has 2 heterocycles. The molecule has 2 unspecified atom stereocenters. The van der Waals surface area contributed by atoms with Crippen molar-refractivity contribution in [2.24, 2.45) is 17.3 Å². The lowest BCUT2D eigenvalue weighted by Crippen LogP contribution is -2.55. The summed E-state index contributed by atoms with van der Waals surface area (Å²) in [5, 5.41) is 3.58. The molecular formula is C15H29NO. The summed E-state index contributed by atoms with van der Waals surface area (Å²) in [7, 11) is 0. The first kappa shape index (κ1) is 13.4. The topological polar surface area (TPSA) is 21.3 Å². The molecule has 1 N–H and O–H groups in total. The van der Waals surface area contributed by atoms with Crippen molar-refractivity contribution in [2.45, 2.75) is 65.6 Å². The number of ether oxygens (including phenoxy) is 1. The third-order valence-electron chi connectivity index (χ3n) is 5.10. The van der Waals surface area contributed by atoms with Crippen LogP contribution in [0.3, 0.4) is 0 Å². The van der Waals surface area contributed by atoms with Gasteiger partial charge < -0.3 is 10.1 Å². The molecule has 2 aliphatic heterocycles. The van der Waals surface area contributed by atoms with E-state index in [0.717, 1.165) is 24.9 Å². The Kier molecular flexibility index (Phi) is 3.11. The van der Waals surface area contributed by atoms with Crippen molar-refractivity contribution in [1.29, 1.82) is 0 Å². The van der Waals surface area contributed by atoms with Crippen molar-refractivity contribution in [3.63, 3.8) is 0 Å². The van der Waals surface area contributed by atoms with Crippen LogP contribution in [0.1, 0.15) is 54.4 Å². The van der Waals surface area contributed by atoms with Crippen LogP contribution in [0.5, 0.6) is 0 Å². The van der Waals surface area contributed by atoms with Crippen LogP contribution in [-0.4, -0.2) is 24.3 Å². The fourth-order valence-corrected chi connectivity index (χ4v) is 4.59. The van der Waals surface area contributed by atoms with E-state index in [0.29, 0.717) is 5.41 Å². The zero-order valence-electron chi connectivity index (χ0n) is 12.4. The van der Waals surface area contributed by atoms with Gasteiger partial charge in [-0.25, -0.2) is 0 Å². The first-order valence-corrected chi connectivity index (χ1v) is 7.11. The van der Waals surface area contributed by atoms with Gasteiger partial charge in [0.2, 0.25) is 0 Å². The van der Waals surface area contributed by atoms with Crippen LogP contribution in [0, 0.1) is 17.3 Å². The molecule has 1 spiro atoms. The molecular weight excluding hydrogens is 210 g/mol. The Morgan fingerprint density at radius 3 is 2.29 bits per heavy atom. The van der Waals surface area contributed by atoms with E-state index in [9.17, 15) is 0 Å². The van der Waals surface area contributed by atoms with E-state index in [2.05, 4.69) is 46.9 Å². The summed E-state index contributed by atoms with van der Waals surface area (Å²) >= 11 is 0. The van der Waals surface area contributed by atoms with Crippen LogP contribution in [0.25, 0.3) is 0 Å². The molecule has 2 heteroatoms. The number of piperidine rings is 1. The van der Waals surface area contributed by atoms with Gasteiger partial charge in [0, 0.05) is 5.41 Å². The maximum Gasteiger partial charge on any atom is 0.0694 e. The molecule has 2 nitrogen and oxygen atoms in total. The number of nitrogens with one attached hydrogen (secondary N) is 1. The summed E-state index contributed by atoms with van der Waals surface area (Å²) in [5.41, 5.74) is 0.400. The van der Waals surface area contributed by atoms with Crippen molar-refractivity contribution in [3.8, 4) is 0 Å². The van der Waals surface area contributed by atoms with Crippen LogP contribution in [0.2, 0.25) is 0 Å². The average molecular weight is 239 g/mol. The summed E-state index contributed by atoms with van der Waals surface area (Å²) in [6.45, 7) is 16.1. The summed E-state index contributed by atoms with van der Waals surface area (Å²) in [4.78, 5) is 0. The zero-order chi connectivity index (χ0) is 12.9. The number of hydrogen-bond donors (Lipinski definition) is 1. The van der Waals surface area contributed by atoms with Crippen molar-refractivity contribution in [2.75, 3.05) is 13.1 Å². The van der Waals surface area contributed by atoms with Crippen LogP contribution < -0.4 is 5.32 Å². The minimum atomic E-state index is 0.00748. The van der Waals surface area contributed by atoms with Crippen molar-refractivity contribution in [3.05, 3.63) is 0 Å². The Hall–Kier alpha value is -0.0800. The van der Waals surface area contributed by atoms with Crippen LogP contribution in [0.4, 0.5) is 0 Å². The molecule has 100 valence electrons. The lowest BCUT2D eigenvalue weighted by Gasteiger charge is -2.50. The highest BCUT2D eigenvalue weighted by Gasteiger charge is 2.61. The van der Waals surface area contributed by atoms with Crippen LogP contribution in [0.15, 0.2) is 0 Å². The van der Waals surface area contributed by atoms with E-state index < -0.39 is 0 Å². The third-order valence-corrected chi connectivity index (χ3v) is 5.10.